The molecule has 2 aromatic rings. The van der Waals surface area contributed by atoms with Gasteiger partial charge in [-0.05, 0) is 36.6 Å². The lowest BCUT2D eigenvalue weighted by molar-refractivity contribution is -0.114. The lowest BCUT2D eigenvalue weighted by Crippen LogP contribution is -2.30. The highest BCUT2D eigenvalue weighted by Crippen LogP contribution is 2.31. The van der Waals surface area contributed by atoms with Crippen molar-refractivity contribution in [3.63, 3.8) is 0 Å². The number of amides is 1. The van der Waals surface area contributed by atoms with Gasteiger partial charge in [-0.15, -0.1) is 0 Å². The lowest BCUT2D eigenvalue weighted by Gasteiger charge is -2.16. The minimum atomic E-state index is -0.420. The first-order chi connectivity index (χ1) is 10.2. The van der Waals surface area contributed by atoms with Gasteiger partial charge in [0.15, 0.2) is 0 Å². The summed E-state index contributed by atoms with van der Waals surface area (Å²) < 4.78 is 0.813. The Morgan fingerprint density at radius 1 is 1.00 bits per heavy atom. The molecule has 0 aliphatic carbocycles. The molecule has 0 radical (unpaired) electrons. The first kappa shape index (κ1) is 14.0. The summed E-state index contributed by atoms with van der Waals surface area (Å²) in [7, 11) is 0. The summed E-state index contributed by atoms with van der Waals surface area (Å²) in [6.45, 7) is 0.564. The van der Waals surface area contributed by atoms with Crippen LogP contribution in [0.2, 0.25) is 0 Å². The van der Waals surface area contributed by atoms with Crippen molar-refractivity contribution in [3.05, 3.63) is 64.1 Å². The fourth-order valence-corrected chi connectivity index (χ4v) is 2.94. The monoisotopic (exact) mass is 343 g/mol. The zero-order valence-electron chi connectivity index (χ0n) is 11.4. The largest absolute Gasteiger partial charge is 0.305 e. The Bertz CT molecular complexity index is 697. The molecule has 0 unspecified atom stereocenters. The molecule has 2 aromatic carbocycles. The van der Waals surface area contributed by atoms with Crippen LogP contribution in [0.25, 0.3) is 0 Å². The van der Waals surface area contributed by atoms with Gasteiger partial charge in [-0.2, -0.15) is 0 Å². The number of hydrogen-bond acceptors (Lipinski definition) is 2. The van der Waals surface area contributed by atoms with E-state index in [-0.39, 0.29) is 0 Å². The third-order valence-corrected chi connectivity index (χ3v) is 4.12. The van der Waals surface area contributed by atoms with E-state index >= 15 is 0 Å². The molecule has 21 heavy (non-hydrogen) atoms. The summed E-state index contributed by atoms with van der Waals surface area (Å²) in [6.07, 6.45) is 1.73. The molecule has 4 heteroatoms. The summed E-state index contributed by atoms with van der Waals surface area (Å²) in [5.41, 5.74) is 2.46. The van der Waals surface area contributed by atoms with Gasteiger partial charge in [0.2, 0.25) is 0 Å². The molecule has 0 aromatic heterocycles. The SMILES string of the molecule is O=C1C(=O)N(CCCc2ccccc2)c2ccc(Br)cc21. The Morgan fingerprint density at radius 2 is 1.76 bits per heavy atom. The van der Waals surface area contributed by atoms with Crippen LogP contribution in [0, 0.1) is 0 Å². The molecule has 3 nitrogen and oxygen atoms in total. The van der Waals surface area contributed by atoms with Crippen molar-refractivity contribution in [3.8, 4) is 0 Å². The summed E-state index contributed by atoms with van der Waals surface area (Å²) in [5, 5.41) is 0. The predicted molar refractivity (Wildman–Crippen MR) is 85.6 cm³/mol. The van der Waals surface area contributed by atoms with Gasteiger partial charge in [0.25, 0.3) is 11.7 Å². The molecule has 0 spiro atoms. The van der Waals surface area contributed by atoms with E-state index in [2.05, 4.69) is 28.1 Å². The molecule has 1 heterocycles. The second-order valence-corrected chi connectivity index (χ2v) is 5.95. The number of aryl methyl sites for hydroxylation is 1. The maximum Gasteiger partial charge on any atom is 0.299 e. The second kappa shape index (κ2) is 5.82. The normalized spacial score (nSPS) is 13.7. The van der Waals surface area contributed by atoms with Crippen molar-refractivity contribution in [2.24, 2.45) is 0 Å². The number of halogens is 1. The van der Waals surface area contributed by atoms with Crippen LogP contribution < -0.4 is 4.90 Å². The average Bonchev–Trinajstić information content (AvgIpc) is 2.73. The Hall–Kier alpha value is -1.94. The Labute approximate surface area is 131 Å². The molecule has 106 valence electrons. The summed E-state index contributed by atoms with van der Waals surface area (Å²) in [4.78, 5) is 25.6. The smallest absolute Gasteiger partial charge is 0.299 e. The Balaban J connectivity index is 1.72. The highest BCUT2D eigenvalue weighted by atomic mass is 79.9. The standard InChI is InChI=1S/C17H14BrNO2/c18-13-8-9-15-14(11-13)16(20)17(21)19(15)10-4-7-12-5-2-1-3-6-12/h1-3,5-6,8-9,11H,4,7,10H2. The quantitative estimate of drug-likeness (QED) is 0.795. The number of carbonyl (C=O) groups excluding carboxylic acids is 2. The third kappa shape index (κ3) is 2.76. The number of ketones is 1. The van der Waals surface area contributed by atoms with E-state index in [1.54, 1.807) is 11.0 Å². The molecule has 0 fully saturated rings. The first-order valence-electron chi connectivity index (χ1n) is 6.86. The van der Waals surface area contributed by atoms with Crippen LogP contribution in [0.15, 0.2) is 53.0 Å². The molecule has 0 saturated carbocycles. The number of rotatable bonds is 4. The third-order valence-electron chi connectivity index (χ3n) is 3.62. The van der Waals surface area contributed by atoms with Gasteiger partial charge in [0.05, 0.1) is 11.3 Å². The van der Waals surface area contributed by atoms with Crippen LogP contribution in [-0.2, 0) is 11.2 Å². The Morgan fingerprint density at radius 3 is 2.52 bits per heavy atom. The lowest BCUT2D eigenvalue weighted by atomic mass is 10.1. The van der Waals surface area contributed by atoms with Crippen molar-refractivity contribution in [2.75, 3.05) is 11.4 Å². The maximum atomic E-state index is 12.1. The molecule has 1 amide bonds. The minimum Gasteiger partial charge on any atom is -0.305 e. The van der Waals surface area contributed by atoms with Crippen molar-refractivity contribution < 1.29 is 9.59 Å². The van der Waals surface area contributed by atoms with Crippen LogP contribution in [0.3, 0.4) is 0 Å². The van der Waals surface area contributed by atoms with Crippen LogP contribution >= 0.6 is 15.9 Å². The fourth-order valence-electron chi connectivity index (χ4n) is 2.58. The molecule has 1 aliphatic rings. The molecule has 0 N–H and O–H groups in total. The number of fused-ring (bicyclic) bond motifs is 1. The first-order valence-corrected chi connectivity index (χ1v) is 7.66. The van der Waals surface area contributed by atoms with Crippen LogP contribution in [0.1, 0.15) is 22.3 Å². The minimum absolute atomic E-state index is 0.411. The van der Waals surface area contributed by atoms with Gasteiger partial charge in [-0.3, -0.25) is 9.59 Å². The predicted octanol–water partition coefficient (Wildman–Crippen LogP) is 3.61. The Kier molecular flexibility index (Phi) is 3.88. The fraction of sp³-hybridized carbons (Fsp3) is 0.176. The molecule has 3 rings (SSSR count). The number of hydrogen-bond donors (Lipinski definition) is 0. The highest BCUT2D eigenvalue weighted by molar-refractivity contribution is 9.10. The van der Waals surface area contributed by atoms with Crippen molar-refractivity contribution in [2.45, 2.75) is 12.8 Å². The molecule has 0 bridgehead atoms. The van der Waals surface area contributed by atoms with Crippen molar-refractivity contribution in [1.29, 1.82) is 0 Å². The highest BCUT2D eigenvalue weighted by Gasteiger charge is 2.35. The van der Waals surface area contributed by atoms with E-state index in [0.717, 1.165) is 23.0 Å². The van der Waals surface area contributed by atoms with E-state index in [4.69, 9.17) is 0 Å². The number of carbonyl (C=O) groups is 2. The summed E-state index contributed by atoms with van der Waals surface area (Å²) in [5.74, 6) is -0.831. The van der Waals surface area contributed by atoms with Crippen molar-refractivity contribution >= 4 is 33.3 Å². The van der Waals surface area contributed by atoms with E-state index in [1.165, 1.54) is 5.56 Å². The number of nitrogens with zero attached hydrogens (tertiary/aromatic N) is 1. The van der Waals surface area contributed by atoms with E-state index in [9.17, 15) is 9.59 Å². The summed E-state index contributed by atoms with van der Waals surface area (Å²) in [6, 6.07) is 15.5. The summed E-state index contributed by atoms with van der Waals surface area (Å²) >= 11 is 3.33. The zero-order chi connectivity index (χ0) is 14.8. The van der Waals surface area contributed by atoms with Crippen LogP contribution in [0.4, 0.5) is 5.69 Å². The molecule has 0 saturated heterocycles. The molecule has 0 atom stereocenters. The van der Waals surface area contributed by atoms with Crippen molar-refractivity contribution in [1.82, 2.24) is 0 Å². The van der Waals surface area contributed by atoms with Gasteiger partial charge in [0, 0.05) is 11.0 Å². The second-order valence-electron chi connectivity index (χ2n) is 5.04. The van der Waals surface area contributed by atoms with Crippen LogP contribution in [-0.4, -0.2) is 18.2 Å². The zero-order valence-corrected chi connectivity index (χ0v) is 13.0. The number of Topliss-reactive ketones (excluding diaryl/α,β-unsaturated/α-hetero) is 1. The van der Waals surface area contributed by atoms with Gasteiger partial charge in [-0.1, -0.05) is 46.3 Å². The van der Waals surface area contributed by atoms with Gasteiger partial charge in [-0.25, -0.2) is 0 Å². The number of benzene rings is 2. The van der Waals surface area contributed by atoms with E-state index < -0.39 is 11.7 Å². The molecular formula is C17H14BrNO2. The number of anilines is 1. The van der Waals surface area contributed by atoms with Gasteiger partial charge < -0.3 is 4.90 Å². The van der Waals surface area contributed by atoms with E-state index in [0.29, 0.717) is 12.1 Å². The van der Waals surface area contributed by atoms with E-state index in [1.807, 2.05) is 30.3 Å². The average molecular weight is 344 g/mol. The maximum absolute atomic E-state index is 12.1. The van der Waals surface area contributed by atoms with Gasteiger partial charge in [0.1, 0.15) is 0 Å². The van der Waals surface area contributed by atoms with Crippen LogP contribution in [0.5, 0.6) is 0 Å². The molecular weight excluding hydrogens is 330 g/mol. The topological polar surface area (TPSA) is 37.4 Å². The molecule has 1 aliphatic heterocycles. The van der Waals surface area contributed by atoms with Gasteiger partial charge >= 0.3 is 0 Å².